The summed E-state index contributed by atoms with van der Waals surface area (Å²) in [5.74, 6) is -0.515. The molecule has 2 unspecified atom stereocenters. The third-order valence-corrected chi connectivity index (χ3v) is 20.4. The molecule has 0 aromatic rings. The van der Waals surface area contributed by atoms with Crippen LogP contribution in [0.1, 0.15) is 414 Å². The van der Waals surface area contributed by atoms with E-state index in [1.807, 2.05) is 0 Å². The molecule has 3 N–H and O–H groups in total. The van der Waals surface area contributed by atoms with Crippen molar-refractivity contribution in [2.24, 2.45) is 11.8 Å². The van der Waals surface area contributed by atoms with Crippen LogP contribution in [0.4, 0.5) is 0 Å². The second-order valence-electron chi connectivity index (χ2n) is 29.4. The van der Waals surface area contributed by atoms with Crippen molar-refractivity contribution < 1.29 is 80.2 Å². The van der Waals surface area contributed by atoms with Gasteiger partial charge in [0.2, 0.25) is 0 Å². The van der Waals surface area contributed by atoms with Gasteiger partial charge in [0, 0.05) is 25.7 Å². The molecule has 0 amide bonds. The first kappa shape index (κ1) is 96.1. The van der Waals surface area contributed by atoms with Gasteiger partial charge in [-0.05, 0) is 37.5 Å². The summed E-state index contributed by atoms with van der Waals surface area (Å²) in [4.78, 5) is 72.9. The van der Waals surface area contributed by atoms with E-state index in [2.05, 4.69) is 41.5 Å². The van der Waals surface area contributed by atoms with Crippen molar-refractivity contribution in [2.75, 3.05) is 39.6 Å². The van der Waals surface area contributed by atoms with E-state index in [1.165, 1.54) is 231 Å². The maximum atomic E-state index is 13.1. The Bertz CT molecular complexity index is 1890. The Labute approximate surface area is 600 Å². The van der Waals surface area contributed by atoms with E-state index in [0.717, 1.165) is 102 Å². The lowest BCUT2D eigenvalue weighted by atomic mass is 10.0. The van der Waals surface area contributed by atoms with E-state index in [1.54, 1.807) is 0 Å². The van der Waals surface area contributed by atoms with Gasteiger partial charge in [-0.2, -0.15) is 0 Å². The van der Waals surface area contributed by atoms with Crippen molar-refractivity contribution in [3.05, 3.63) is 0 Å². The van der Waals surface area contributed by atoms with Gasteiger partial charge in [0.05, 0.1) is 26.4 Å². The van der Waals surface area contributed by atoms with Gasteiger partial charge in [-0.3, -0.25) is 37.3 Å². The zero-order chi connectivity index (χ0) is 72.1. The molecule has 19 heteroatoms. The number of phosphoric ester groups is 2. The molecule has 0 spiro atoms. The van der Waals surface area contributed by atoms with Crippen LogP contribution in [-0.2, 0) is 65.4 Å². The van der Waals surface area contributed by atoms with Crippen molar-refractivity contribution in [2.45, 2.75) is 432 Å². The van der Waals surface area contributed by atoms with Gasteiger partial charge >= 0.3 is 39.5 Å². The van der Waals surface area contributed by atoms with Gasteiger partial charge in [-0.25, -0.2) is 9.13 Å². The fraction of sp³-hybridized carbons (Fsp3) is 0.949. The summed E-state index contributed by atoms with van der Waals surface area (Å²) in [7, 11) is -9.92. The van der Waals surface area contributed by atoms with E-state index >= 15 is 0 Å². The highest BCUT2D eigenvalue weighted by Gasteiger charge is 2.30. The maximum Gasteiger partial charge on any atom is 0.472 e. The topological polar surface area (TPSA) is 237 Å². The Kier molecular flexibility index (Phi) is 69.3. The summed E-state index contributed by atoms with van der Waals surface area (Å²) in [5.41, 5.74) is 0. The summed E-state index contributed by atoms with van der Waals surface area (Å²) in [6.45, 7) is 9.67. The van der Waals surface area contributed by atoms with Crippen molar-refractivity contribution in [1.82, 2.24) is 0 Å². The van der Waals surface area contributed by atoms with Gasteiger partial charge in [-0.1, -0.05) is 363 Å². The minimum atomic E-state index is -4.96. The molecule has 0 saturated carbocycles. The predicted molar refractivity (Wildman–Crippen MR) is 400 cm³/mol. The van der Waals surface area contributed by atoms with Crippen molar-refractivity contribution >= 4 is 39.5 Å². The molecule has 17 nitrogen and oxygen atoms in total. The molecule has 0 bridgehead atoms. The number of aliphatic hydroxyl groups is 1. The van der Waals surface area contributed by atoms with Crippen LogP contribution < -0.4 is 0 Å². The monoisotopic (exact) mass is 1440 g/mol. The number of rotatable bonds is 78. The van der Waals surface area contributed by atoms with E-state index in [4.69, 9.17) is 37.0 Å². The summed E-state index contributed by atoms with van der Waals surface area (Å²) in [5, 5.41) is 10.6. The number of aliphatic hydroxyl groups excluding tert-OH is 1. The highest BCUT2D eigenvalue weighted by Crippen LogP contribution is 2.45. The number of hydrogen-bond acceptors (Lipinski definition) is 15. The molecule has 98 heavy (non-hydrogen) atoms. The van der Waals surface area contributed by atoms with Crippen LogP contribution in [0.3, 0.4) is 0 Å². The van der Waals surface area contributed by atoms with E-state index < -0.39 is 97.5 Å². The van der Waals surface area contributed by atoms with Crippen LogP contribution in [0.2, 0.25) is 0 Å². The second kappa shape index (κ2) is 70.7. The van der Waals surface area contributed by atoms with Crippen molar-refractivity contribution in [3.8, 4) is 0 Å². The molecule has 0 aliphatic heterocycles. The molecule has 0 rings (SSSR count). The Hall–Kier alpha value is -1.94. The molecule has 5 atom stereocenters. The van der Waals surface area contributed by atoms with Crippen LogP contribution in [-0.4, -0.2) is 96.7 Å². The number of esters is 4. The molecule has 0 fully saturated rings. The highest BCUT2D eigenvalue weighted by molar-refractivity contribution is 7.47. The average Bonchev–Trinajstić information content (AvgIpc) is 1.02. The molecule has 0 radical (unpaired) electrons. The first-order valence-electron chi connectivity index (χ1n) is 41.0. The standard InChI is InChI=1S/C79H154O17P2/c1-7-9-11-13-15-17-19-20-27-33-39-45-51-57-63-78(83)95-74(67-89-76(81)61-55-49-43-37-18-16-14-12-10-8-2)69-93-97(85,86)91-65-73(80)66-92-98(87,88)94-70-75(96-79(84)64-58-52-46-40-34-29-24-22-26-31-36-42-48-54-60-72(5)6)68-90-77(82)62-56-50-44-38-32-28-23-21-25-30-35-41-47-53-59-71(3)4/h71-75,80H,7-70H2,1-6H3,(H,85,86)(H,87,88)/t73-,74+,75+/m0/s1. The number of unbranched alkanes of at least 4 members (excludes halogenated alkanes) is 48. The lowest BCUT2D eigenvalue weighted by Crippen LogP contribution is -2.30. The molecule has 0 heterocycles. The zero-order valence-electron chi connectivity index (χ0n) is 64.1. The maximum absolute atomic E-state index is 13.1. The average molecular weight is 1440 g/mol. The fourth-order valence-corrected chi connectivity index (χ4v) is 13.8. The normalized spacial score (nSPS) is 13.9. The molecule has 0 aromatic carbocycles. The first-order chi connectivity index (χ1) is 47.4. The van der Waals surface area contributed by atoms with Gasteiger partial charge in [0.25, 0.3) is 0 Å². The smallest absolute Gasteiger partial charge is 0.462 e. The SMILES string of the molecule is CCCCCCCCCCCCCCCCC(=O)O[C@H](COC(=O)CCCCCCCCCCCC)COP(=O)(O)OC[C@H](O)COP(=O)(O)OC[C@@H](COC(=O)CCCCCCCCCCCCCCCCC(C)C)OC(=O)CCCCCCCCCCCCCCCCC(C)C. The zero-order valence-corrected chi connectivity index (χ0v) is 65.9. The third-order valence-electron chi connectivity index (χ3n) is 18.5. The van der Waals surface area contributed by atoms with E-state index in [-0.39, 0.29) is 25.7 Å². The third kappa shape index (κ3) is 72.4. The second-order valence-corrected chi connectivity index (χ2v) is 32.3. The van der Waals surface area contributed by atoms with Crippen LogP contribution in [0.25, 0.3) is 0 Å². The van der Waals surface area contributed by atoms with E-state index in [9.17, 15) is 43.2 Å². The minimum absolute atomic E-state index is 0.108. The number of ether oxygens (including phenoxy) is 4. The van der Waals surface area contributed by atoms with Crippen LogP contribution in [0.5, 0.6) is 0 Å². The summed E-state index contributed by atoms with van der Waals surface area (Å²) in [6.07, 6.45) is 59.5. The largest absolute Gasteiger partial charge is 0.472 e. The molecule has 0 aromatic heterocycles. The van der Waals surface area contributed by atoms with Crippen LogP contribution in [0, 0.1) is 11.8 Å². The molecule has 0 aliphatic rings. The predicted octanol–water partition coefficient (Wildman–Crippen LogP) is 23.5. The van der Waals surface area contributed by atoms with E-state index in [0.29, 0.717) is 25.7 Å². The number of hydrogen-bond donors (Lipinski definition) is 3. The number of carbonyl (C=O) groups excluding carboxylic acids is 4. The highest BCUT2D eigenvalue weighted by atomic mass is 31.2. The quantitative estimate of drug-likeness (QED) is 0.0222. The molecule has 582 valence electrons. The first-order valence-corrected chi connectivity index (χ1v) is 44.0. The Morgan fingerprint density at radius 2 is 0.469 bits per heavy atom. The minimum Gasteiger partial charge on any atom is -0.462 e. The molecular formula is C79H154O17P2. The number of carbonyl (C=O) groups is 4. The van der Waals surface area contributed by atoms with Gasteiger partial charge in [0.1, 0.15) is 19.3 Å². The van der Waals surface area contributed by atoms with Gasteiger partial charge < -0.3 is 33.8 Å². The molecule has 0 aliphatic carbocycles. The van der Waals surface area contributed by atoms with Gasteiger partial charge in [-0.15, -0.1) is 0 Å². The lowest BCUT2D eigenvalue weighted by Gasteiger charge is -2.21. The van der Waals surface area contributed by atoms with Crippen molar-refractivity contribution in [3.63, 3.8) is 0 Å². The lowest BCUT2D eigenvalue weighted by molar-refractivity contribution is -0.161. The summed E-state index contributed by atoms with van der Waals surface area (Å²) < 4.78 is 68.6. The van der Waals surface area contributed by atoms with Gasteiger partial charge in [0.15, 0.2) is 12.2 Å². The Morgan fingerprint density at radius 3 is 0.694 bits per heavy atom. The summed E-state index contributed by atoms with van der Waals surface area (Å²) >= 11 is 0. The van der Waals surface area contributed by atoms with Crippen LogP contribution >= 0.6 is 15.6 Å². The molecular weight excluding hydrogens is 1280 g/mol. The fourth-order valence-electron chi connectivity index (χ4n) is 12.2. The van der Waals surface area contributed by atoms with Crippen molar-refractivity contribution in [1.29, 1.82) is 0 Å². The van der Waals surface area contributed by atoms with Crippen LogP contribution in [0.15, 0.2) is 0 Å². The Morgan fingerprint density at radius 1 is 0.276 bits per heavy atom. The number of phosphoric acid groups is 2. The molecule has 0 saturated heterocycles. The Balaban J connectivity index is 5.24. The summed E-state index contributed by atoms with van der Waals surface area (Å²) in [6, 6.07) is 0.